The Bertz CT molecular complexity index is 562. The second kappa shape index (κ2) is 5.38. The minimum Gasteiger partial charge on any atom is -0.358 e. The highest BCUT2D eigenvalue weighted by atomic mass is 14.9. The van der Waals surface area contributed by atoms with Crippen molar-refractivity contribution in [3.63, 3.8) is 0 Å². The van der Waals surface area contributed by atoms with Crippen molar-refractivity contribution in [3.05, 3.63) is 35.0 Å². The fourth-order valence-electron chi connectivity index (χ4n) is 3.29. The van der Waals surface area contributed by atoms with E-state index < -0.39 is 0 Å². The molecule has 0 unspecified atom stereocenters. The molecule has 2 N–H and O–H groups in total. The lowest BCUT2D eigenvalue weighted by molar-refractivity contribution is 0.373. The number of aryl methyl sites for hydroxylation is 2. The van der Waals surface area contributed by atoms with Crippen LogP contribution in [0, 0.1) is 12.8 Å². The lowest BCUT2D eigenvalue weighted by Crippen LogP contribution is -2.28. The molecule has 1 saturated heterocycles. The van der Waals surface area contributed by atoms with Crippen molar-refractivity contribution >= 4 is 10.9 Å². The van der Waals surface area contributed by atoms with Crippen molar-refractivity contribution in [2.45, 2.75) is 39.5 Å². The molecule has 2 nitrogen and oxygen atoms in total. The van der Waals surface area contributed by atoms with Gasteiger partial charge < -0.3 is 10.3 Å². The summed E-state index contributed by atoms with van der Waals surface area (Å²) in [6.45, 7) is 6.83. The predicted octanol–water partition coefficient (Wildman–Crippen LogP) is 3.58. The molecule has 2 aromatic rings. The molecule has 2 heterocycles. The molecule has 1 aromatic heterocycles. The first-order chi connectivity index (χ1) is 9.28. The van der Waals surface area contributed by atoms with E-state index in [-0.39, 0.29) is 0 Å². The normalized spacial score (nSPS) is 17.2. The standard InChI is InChI=1S/C17H24N2/c1-3-13-4-5-17-16(10-13)15(12(2)19-17)11-14-6-8-18-9-7-14/h4-5,10,14,18-19H,3,6-9,11H2,1-2H3. The van der Waals surface area contributed by atoms with Gasteiger partial charge in [0, 0.05) is 16.6 Å². The first kappa shape index (κ1) is 12.7. The molecule has 0 saturated carbocycles. The van der Waals surface area contributed by atoms with Crippen LogP contribution in [0.15, 0.2) is 18.2 Å². The van der Waals surface area contributed by atoms with Crippen LogP contribution in [0.25, 0.3) is 10.9 Å². The highest BCUT2D eigenvalue weighted by Crippen LogP contribution is 2.28. The highest BCUT2D eigenvalue weighted by molar-refractivity contribution is 5.85. The van der Waals surface area contributed by atoms with Gasteiger partial charge in [-0.05, 0) is 74.9 Å². The highest BCUT2D eigenvalue weighted by Gasteiger charge is 2.17. The Morgan fingerprint density at radius 3 is 2.74 bits per heavy atom. The van der Waals surface area contributed by atoms with E-state index in [0.29, 0.717) is 0 Å². The van der Waals surface area contributed by atoms with Crippen LogP contribution in [-0.4, -0.2) is 18.1 Å². The third kappa shape index (κ3) is 2.55. The lowest BCUT2D eigenvalue weighted by atomic mass is 9.89. The van der Waals surface area contributed by atoms with Gasteiger partial charge in [-0.2, -0.15) is 0 Å². The number of hydrogen-bond donors (Lipinski definition) is 2. The van der Waals surface area contributed by atoms with Gasteiger partial charge >= 0.3 is 0 Å². The van der Waals surface area contributed by atoms with Crippen molar-refractivity contribution in [2.75, 3.05) is 13.1 Å². The molecule has 0 amide bonds. The van der Waals surface area contributed by atoms with Crippen LogP contribution < -0.4 is 5.32 Å². The molecular formula is C17H24N2. The van der Waals surface area contributed by atoms with Gasteiger partial charge in [-0.1, -0.05) is 13.0 Å². The van der Waals surface area contributed by atoms with Gasteiger partial charge in [0.2, 0.25) is 0 Å². The number of aromatic nitrogens is 1. The van der Waals surface area contributed by atoms with Crippen molar-refractivity contribution in [1.29, 1.82) is 0 Å². The van der Waals surface area contributed by atoms with Gasteiger partial charge in [0.25, 0.3) is 0 Å². The first-order valence-electron chi connectivity index (χ1n) is 7.58. The Balaban J connectivity index is 1.94. The Morgan fingerprint density at radius 1 is 1.21 bits per heavy atom. The Morgan fingerprint density at radius 2 is 2.00 bits per heavy atom. The van der Waals surface area contributed by atoms with Gasteiger partial charge in [-0.15, -0.1) is 0 Å². The summed E-state index contributed by atoms with van der Waals surface area (Å²) in [5.74, 6) is 0.851. The van der Waals surface area contributed by atoms with Crippen LogP contribution in [0.5, 0.6) is 0 Å². The Hall–Kier alpha value is -1.28. The summed E-state index contributed by atoms with van der Waals surface area (Å²) in [5, 5.41) is 4.91. The monoisotopic (exact) mass is 256 g/mol. The summed E-state index contributed by atoms with van der Waals surface area (Å²) < 4.78 is 0. The minimum atomic E-state index is 0.851. The van der Waals surface area contributed by atoms with E-state index in [1.807, 2.05) is 0 Å². The van der Waals surface area contributed by atoms with Crippen LogP contribution in [0.1, 0.15) is 36.6 Å². The average molecular weight is 256 g/mol. The number of nitrogens with one attached hydrogen (secondary N) is 2. The summed E-state index contributed by atoms with van der Waals surface area (Å²) in [5.41, 5.74) is 5.66. The molecule has 2 heteroatoms. The molecular weight excluding hydrogens is 232 g/mol. The molecule has 1 fully saturated rings. The van der Waals surface area contributed by atoms with Crippen molar-refractivity contribution in [2.24, 2.45) is 5.92 Å². The first-order valence-corrected chi connectivity index (χ1v) is 7.58. The summed E-state index contributed by atoms with van der Waals surface area (Å²) in [7, 11) is 0. The molecule has 3 rings (SSSR count). The van der Waals surface area contributed by atoms with Gasteiger partial charge in [0.15, 0.2) is 0 Å². The number of H-pyrrole nitrogens is 1. The van der Waals surface area contributed by atoms with Crippen LogP contribution in [0.4, 0.5) is 0 Å². The SMILES string of the molecule is CCc1ccc2[nH]c(C)c(CC3CCNCC3)c2c1. The van der Waals surface area contributed by atoms with E-state index in [0.717, 1.165) is 12.3 Å². The predicted molar refractivity (Wildman–Crippen MR) is 81.7 cm³/mol. The molecule has 0 atom stereocenters. The third-order valence-corrected chi connectivity index (χ3v) is 4.54. The molecule has 0 bridgehead atoms. The third-order valence-electron chi connectivity index (χ3n) is 4.54. The Kier molecular flexibility index (Phi) is 3.61. The maximum absolute atomic E-state index is 3.55. The molecule has 0 aliphatic carbocycles. The van der Waals surface area contributed by atoms with Crippen molar-refractivity contribution in [1.82, 2.24) is 10.3 Å². The topological polar surface area (TPSA) is 27.8 Å². The van der Waals surface area contributed by atoms with Gasteiger partial charge in [-0.25, -0.2) is 0 Å². The van der Waals surface area contributed by atoms with Crippen LogP contribution >= 0.6 is 0 Å². The van der Waals surface area contributed by atoms with Crippen LogP contribution in [0.3, 0.4) is 0 Å². The molecule has 19 heavy (non-hydrogen) atoms. The van der Waals surface area contributed by atoms with E-state index >= 15 is 0 Å². The Labute approximate surface area is 115 Å². The summed E-state index contributed by atoms with van der Waals surface area (Å²) >= 11 is 0. The van der Waals surface area contributed by atoms with E-state index in [9.17, 15) is 0 Å². The largest absolute Gasteiger partial charge is 0.358 e. The quantitative estimate of drug-likeness (QED) is 0.863. The van der Waals surface area contributed by atoms with E-state index in [1.54, 1.807) is 5.56 Å². The second-order valence-corrected chi connectivity index (χ2v) is 5.86. The maximum atomic E-state index is 3.55. The average Bonchev–Trinajstić information content (AvgIpc) is 2.76. The van der Waals surface area contributed by atoms with E-state index in [2.05, 4.69) is 42.3 Å². The van der Waals surface area contributed by atoms with Crippen molar-refractivity contribution in [3.8, 4) is 0 Å². The fourth-order valence-corrected chi connectivity index (χ4v) is 3.29. The summed E-state index contributed by atoms with van der Waals surface area (Å²) in [6, 6.07) is 6.87. The molecule has 1 aliphatic heterocycles. The smallest absolute Gasteiger partial charge is 0.0459 e. The van der Waals surface area contributed by atoms with Gasteiger partial charge in [0.1, 0.15) is 0 Å². The zero-order valence-electron chi connectivity index (χ0n) is 12.1. The van der Waals surface area contributed by atoms with Crippen LogP contribution in [-0.2, 0) is 12.8 Å². The number of hydrogen-bond acceptors (Lipinski definition) is 1. The summed E-state index contributed by atoms with van der Waals surface area (Å²) in [6.07, 6.45) is 4.99. The summed E-state index contributed by atoms with van der Waals surface area (Å²) in [4.78, 5) is 3.55. The molecule has 1 aliphatic rings. The van der Waals surface area contributed by atoms with E-state index in [1.165, 1.54) is 54.5 Å². The van der Waals surface area contributed by atoms with Crippen LogP contribution in [0.2, 0.25) is 0 Å². The fraction of sp³-hybridized carbons (Fsp3) is 0.529. The minimum absolute atomic E-state index is 0.851. The number of rotatable bonds is 3. The zero-order valence-corrected chi connectivity index (χ0v) is 12.1. The molecule has 1 aromatic carbocycles. The zero-order chi connectivity index (χ0) is 13.2. The number of piperidine rings is 1. The van der Waals surface area contributed by atoms with E-state index in [4.69, 9.17) is 0 Å². The molecule has 102 valence electrons. The second-order valence-electron chi connectivity index (χ2n) is 5.86. The van der Waals surface area contributed by atoms with Gasteiger partial charge in [0.05, 0.1) is 0 Å². The van der Waals surface area contributed by atoms with Gasteiger partial charge in [-0.3, -0.25) is 0 Å². The number of fused-ring (bicyclic) bond motifs is 1. The lowest BCUT2D eigenvalue weighted by Gasteiger charge is -2.22. The molecule has 0 radical (unpaired) electrons. The maximum Gasteiger partial charge on any atom is 0.0459 e. The number of benzene rings is 1. The van der Waals surface area contributed by atoms with Crippen molar-refractivity contribution < 1.29 is 0 Å². The molecule has 0 spiro atoms. The number of aromatic amines is 1.